The summed E-state index contributed by atoms with van der Waals surface area (Å²) in [5.41, 5.74) is 0.470. The molecule has 2 fully saturated rings. The van der Waals surface area contributed by atoms with Crippen molar-refractivity contribution in [3.63, 3.8) is 0 Å². The fourth-order valence-electron chi connectivity index (χ4n) is 2.91. The molecule has 1 saturated carbocycles. The van der Waals surface area contributed by atoms with Crippen LogP contribution < -0.4 is 5.32 Å². The van der Waals surface area contributed by atoms with Gasteiger partial charge in [0.05, 0.1) is 0 Å². The van der Waals surface area contributed by atoms with Crippen LogP contribution in [0.3, 0.4) is 0 Å². The van der Waals surface area contributed by atoms with E-state index >= 15 is 0 Å². The van der Waals surface area contributed by atoms with E-state index in [9.17, 15) is 4.79 Å². The summed E-state index contributed by atoms with van der Waals surface area (Å²) in [6.45, 7) is 14.0. The molecule has 1 saturated heterocycles. The van der Waals surface area contributed by atoms with E-state index in [1.807, 2.05) is 37.9 Å². The van der Waals surface area contributed by atoms with E-state index in [2.05, 4.69) is 18.5 Å². The topological polar surface area (TPSA) is 41.6 Å². The molecule has 22 heavy (non-hydrogen) atoms. The van der Waals surface area contributed by atoms with Crippen LogP contribution in [-0.2, 0) is 4.74 Å². The summed E-state index contributed by atoms with van der Waals surface area (Å²) in [7, 11) is 0. The fraction of sp³-hybridized carbons (Fsp3) is 0.611. The van der Waals surface area contributed by atoms with Crippen molar-refractivity contribution in [3.05, 3.63) is 37.1 Å². The molecule has 1 amide bonds. The van der Waals surface area contributed by atoms with Gasteiger partial charge < -0.3 is 15.0 Å². The Kier molecular flexibility index (Phi) is 4.69. The van der Waals surface area contributed by atoms with Crippen LogP contribution >= 0.6 is 0 Å². The van der Waals surface area contributed by atoms with Crippen LogP contribution in [0.1, 0.15) is 46.5 Å². The van der Waals surface area contributed by atoms with Crippen LogP contribution in [0.5, 0.6) is 0 Å². The van der Waals surface area contributed by atoms with Crippen LogP contribution in [-0.4, -0.2) is 34.7 Å². The van der Waals surface area contributed by atoms with Gasteiger partial charge in [-0.25, -0.2) is 4.79 Å². The first kappa shape index (κ1) is 16.7. The van der Waals surface area contributed by atoms with Gasteiger partial charge in [-0.2, -0.15) is 0 Å². The maximum absolute atomic E-state index is 12.4. The van der Waals surface area contributed by atoms with Crippen LogP contribution in [0.15, 0.2) is 37.1 Å². The second kappa shape index (κ2) is 6.19. The second-order valence-corrected chi connectivity index (χ2v) is 7.33. The minimum absolute atomic E-state index is 0.0154. The highest BCUT2D eigenvalue weighted by Crippen LogP contribution is 2.48. The van der Waals surface area contributed by atoms with Gasteiger partial charge in [-0.15, -0.1) is 0 Å². The van der Waals surface area contributed by atoms with Crippen LogP contribution in [0, 0.1) is 0 Å². The van der Waals surface area contributed by atoms with Gasteiger partial charge in [0.25, 0.3) is 0 Å². The van der Waals surface area contributed by atoms with Gasteiger partial charge >= 0.3 is 6.09 Å². The Morgan fingerprint density at radius 3 is 2.64 bits per heavy atom. The summed E-state index contributed by atoms with van der Waals surface area (Å²) in [6.07, 6.45) is 9.50. The standard InChI is InChI=1S/C18H28N2O2/c1-6-14(2)7-11-19-15-8-12-20(18(13-15)9-10-18)16(21)22-17(3,4)5/h6-7,11,15,19H,1-2,8-10,12-13H2,3-5H3/b11-7-. The van der Waals surface area contributed by atoms with E-state index in [0.29, 0.717) is 6.04 Å². The number of nitrogens with one attached hydrogen (secondary N) is 1. The molecule has 4 nitrogen and oxygen atoms in total. The summed E-state index contributed by atoms with van der Waals surface area (Å²) in [5.74, 6) is 0. The number of rotatable bonds is 4. The SMILES string of the molecule is C=CC(=C)/C=C\NC1CCN(C(=O)OC(C)(C)C)C2(CC2)C1. The first-order valence-corrected chi connectivity index (χ1v) is 8.00. The lowest BCUT2D eigenvalue weighted by Crippen LogP contribution is -2.53. The fourth-order valence-corrected chi connectivity index (χ4v) is 2.91. The molecule has 1 N–H and O–H groups in total. The molecule has 0 aromatic carbocycles. The lowest BCUT2D eigenvalue weighted by atomic mass is 9.95. The molecule has 0 aromatic rings. The van der Waals surface area contributed by atoms with Crippen LogP contribution in [0.25, 0.3) is 0 Å². The minimum Gasteiger partial charge on any atom is -0.444 e. The van der Waals surface area contributed by atoms with Crippen LogP contribution in [0.2, 0.25) is 0 Å². The molecular weight excluding hydrogens is 276 g/mol. The lowest BCUT2D eigenvalue weighted by Gasteiger charge is -2.40. The molecule has 1 heterocycles. The van der Waals surface area contributed by atoms with Crippen molar-refractivity contribution in [3.8, 4) is 0 Å². The Hall–Kier alpha value is -1.71. The summed E-state index contributed by atoms with van der Waals surface area (Å²) < 4.78 is 5.55. The van der Waals surface area contributed by atoms with Crippen LogP contribution in [0.4, 0.5) is 4.79 Å². The third-order valence-corrected chi connectivity index (χ3v) is 4.23. The highest BCUT2D eigenvalue weighted by molar-refractivity contribution is 5.70. The number of nitrogens with zero attached hydrogens (tertiary/aromatic N) is 1. The monoisotopic (exact) mass is 304 g/mol. The van der Waals surface area contributed by atoms with Gasteiger partial charge in [0, 0.05) is 18.1 Å². The first-order chi connectivity index (χ1) is 10.3. The van der Waals surface area contributed by atoms with Crippen molar-refractivity contribution in [2.24, 2.45) is 0 Å². The predicted octanol–water partition coefficient (Wildman–Crippen LogP) is 3.76. The van der Waals surface area contributed by atoms with E-state index in [-0.39, 0.29) is 11.6 Å². The van der Waals surface area contributed by atoms with Gasteiger partial charge in [0.1, 0.15) is 5.60 Å². The van der Waals surface area contributed by atoms with Crippen molar-refractivity contribution in [1.29, 1.82) is 0 Å². The Labute approximate surface area is 133 Å². The summed E-state index contributed by atoms with van der Waals surface area (Å²) in [6, 6.07) is 0.398. The van der Waals surface area contributed by atoms with Crippen molar-refractivity contribution in [1.82, 2.24) is 10.2 Å². The Balaban J connectivity index is 1.91. The van der Waals surface area contributed by atoms with Gasteiger partial charge in [-0.05, 0) is 64.3 Å². The number of carbonyl (C=O) groups is 1. The quantitative estimate of drug-likeness (QED) is 0.804. The third-order valence-electron chi connectivity index (χ3n) is 4.23. The second-order valence-electron chi connectivity index (χ2n) is 7.33. The number of carbonyl (C=O) groups excluding carboxylic acids is 1. The van der Waals surface area contributed by atoms with Gasteiger partial charge in [0.15, 0.2) is 0 Å². The smallest absolute Gasteiger partial charge is 0.410 e. The molecule has 2 aliphatic rings. The molecule has 1 spiro atoms. The molecule has 122 valence electrons. The number of allylic oxidation sites excluding steroid dienone is 3. The number of ether oxygens (including phenoxy) is 1. The van der Waals surface area contributed by atoms with Crippen molar-refractivity contribution in [2.75, 3.05) is 6.54 Å². The lowest BCUT2D eigenvalue weighted by molar-refractivity contribution is 0.00310. The number of hydrogen-bond donors (Lipinski definition) is 1. The molecule has 1 aliphatic heterocycles. The van der Waals surface area contributed by atoms with Crippen molar-refractivity contribution >= 4 is 6.09 Å². The number of piperidine rings is 1. The maximum atomic E-state index is 12.4. The Morgan fingerprint density at radius 2 is 2.09 bits per heavy atom. The van der Waals surface area contributed by atoms with Gasteiger partial charge in [-0.3, -0.25) is 0 Å². The molecule has 1 aliphatic carbocycles. The van der Waals surface area contributed by atoms with Crippen molar-refractivity contribution < 1.29 is 9.53 Å². The zero-order valence-corrected chi connectivity index (χ0v) is 14.0. The average molecular weight is 304 g/mol. The Bertz CT molecular complexity index is 484. The van der Waals surface area contributed by atoms with E-state index in [0.717, 1.165) is 37.8 Å². The molecule has 1 atom stereocenters. The summed E-state index contributed by atoms with van der Waals surface area (Å²) in [4.78, 5) is 14.3. The molecule has 0 aromatic heterocycles. The molecular formula is C18H28N2O2. The highest BCUT2D eigenvalue weighted by atomic mass is 16.6. The van der Waals surface area contributed by atoms with E-state index < -0.39 is 5.60 Å². The predicted molar refractivity (Wildman–Crippen MR) is 89.5 cm³/mol. The normalized spacial score (nSPS) is 23.4. The summed E-state index contributed by atoms with van der Waals surface area (Å²) in [5, 5.41) is 3.42. The van der Waals surface area contributed by atoms with E-state index in [1.54, 1.807) is 6.08 Å². The third kappa shape index (κ3) is 4.15. The summed E-state index contributed by atoms with van der Waals surface area (Å²) >= 11 is 0. The zero-order valence-electron chi connectivity index (χ0n) is 14.0. The molecule has 0 bridgehead atoms. The molecule has 4 heteroatoms. The molecule has 2 rings (SSSR count). The minimum atomic E-state index is -0.434. The van der Waals surface area contributed by atoms with Gasteiger partial charge in [0.2, 0.25) is 0 Å². The maximum Gasteiger partial charge on any atom is 0.410 e. The highest BCUT2D eigenvalue weighted by Gasteiger charge is 2.54. The average Bonchev–Trinajstić information content (AvgIpc) is 3.16. The molecule has 1 unspecified atom stereocenters. The zero-order chi connectivity index (χ0) is 16.4. The molecule has 0 radical (unpaired) electrons. The first-order valence-electron chi connectivity index (χ1n) is 8.00. The number of likely N-dealkylation sites (tertiary alicyclic amines) is 1. The number of amides is 1. The number of hydrogen-bond acceptors (Lipinski definition) is 3. The van der Waals surface area contributed by atoms with Crippen molar-refractivity contribution in [2.45, 2.75) is 63.6 Å². The van der Waals surface area contributed by atoms with E-state index in [4.69, 9.17) is 4.74 Å². The Morgan fingerprint density at radius 1 is 1.41 bits per heavy atom. The van der Waals surface area contributed by atoms with Gasteiger partial charge in [-0.1, -0.05) is 19.2 Å². The largest absolute Gasteiger partial charge is 0.444 e. The van der Waals surface area contributed by atoms with E-state index in [1.165, 1.54) is 0 Å².